The lowest BCUT2D eigenvalue weighted by Gasteiger charge is -2.04. The van der Waals surface area contributed by atoms with Crippen LogP contribution in [0.3, 0.4) is 0 Å². The van der Waals surface area contributed by atoms with Gasteiger partial charge in [0.05, 0.1) is 0 Å². The molecule has 0 unspecified atom stereocenters. The first kappa shape index (κ1) is 9.58. The van der Waals surface area contributed by atoms with Crippen LogP contribution in [0.5, 0.6) is 0 Å². The van der Waals surface area contributed by atoms with Crippen LogP contribution in [0.1, 0.15) is 0 Å². The molecule has 0 saturated carbocycles. The fourth-order valence-electron chi connectivity index (χ4n) is 1.37. The Labute approximate surface area is 88.7 Å². The van der Waals surface area contributed by atoms with Crippen LogP contribution in [0.4, 0.5) is 17.6 Å². The number of benzene rings is 1. The third-order valence-corrected chi connectivity index (χ3v) is 2.05. The zero-order chi connectivity index (χ0) is 10.8. The molecule has 0 aliphatic carbocycles. The molecule has 76 valence electrons. The number of nitrogens with zero attached hydrogens (tertiary/aromatic N) is 3. The number of nitrogens with two attached hydrogens (primary N) is 1. The topological polar surface area (TPSA) is 68.8 Å². The quantitative estimate of drug-likeness (QED) is 0.636. The monoisotopic (exact) mass is 201 g/mol. The van der Waals surface area contributed by atoms with Crippen molar-refractivity contribution in [2.24, 2.45) is 7.05 Å². The predicted molar refractivity (Wildman–Crippen MR) is 63.3 cm³/mol. The highest BCUT2D eigenvalue weighted by atomic mass is 15.4. The summed E-state index contributed by atoms with van der Waals surface area (Å²) in [5, 5.41) is 7.09. The lowest BCUT2D eigenvalue weighted by molar-refractivity contribution is 0.779. The van der Waals surface area contributed by atoms with Crippen molar-refractivity contribution in [3.63, 3.8) is 0 Å². The second-order valence-electron chi connectivity index (χ2n) is 3.41. The molecule has 1 aromatic carbocycles. The highest BCUT2D eigenvalue weighted by molar-refractivity contribution is 6.32. The second kappa shape index (κ2) is 3.64. The minimum Gasteiger partial charge on any atom is -0.366 e. The van der Waals surface area contributed by atoms with E-state index in [9.17, 15) is 0 Å². The molecule has 15 heavy (non-hydrogen) atoms. The normalized spacial score (nSPS) is 10.2. The van der Waals surface area contributed by atoms with Gasteiger partial charge in [-0.2, -0.15) is 4.98 Å². The Morgan fingerprint density at radius 3 is 2.87 bits per heavy atom. The van der Waals surface area contributed by atoms with Gasteiger partial charge < -0.3 is 11.1 Å². The first-order chi connectivity index (χ1) is 7.15. The minimum atomic E-state index is 0.271. The molecule has 1 aromatic heterocycles. The van der Waals surface area contributed by atoms with Gasteiger partial charge in [-0.05, 0) is 12.1 Å². The van der Waals surface area contributed by atoms with Crippen LogP contribution in [0, 0.1) is 0 Å². The first-order valence-electron chi connectivity index (χ1n) is 4.65. The Kier molecular flexibility index (Phi) is 2.33. The maximum atomic E-state index is 5.48. The van der Waals surface area contributed by atoms with Crippen molar-refractivity contribution in [2.75, 3.05) is 11.1 Å². The summed E-state index contributed by atoms with van der Waals surface area (Å²) in [6, 6.07) is 8.02. The lowest BCUT2D eigenvalue weighted by atomic mass is 9.96. The molecule has 0 spiro atoms. The van der Waals surface area contributed by atoms with E-state index in [-0.39, 0.29) is 5.95 Å². The summed E-state index contributed by atoms with van der Waals surface area (Å²) in [4.78, 5) is 4.05. The largest absolute Gasteiger partial charge is 0.366 e. The van der Waals surface area contributed by atoms with Gasteiger partial charge in [-0.3, -0.25) is 0 Å². The third kappa shape index (κ3) is 2.09. The molecule has 0 bridgehead atoms. The maximum Gasteiger partial charge on any atom is 0.241 e. The summed E-state index contributed by atoms with van der Waals surface area (Å²) < 4.78 is 1.61. The van der Waals surface area contributed by atoms with E-state index in [1.807, 2.05) is 32.1 Å². The van der Waals surface area contributed by atoms with Gasteiger partial charge in [0.15, 0.2) is 0 Å². The lowest BCUT2D eigenvalue weighted by Crippen LogP contribution is -2.05. The SMILES string of the molecule is Bc1cccc(Nc2nc(N)nn2C)c1. The van der Waals surface area contributed by atoms with Crippen molar-refractivity contribution in [1.82, 2.24) is 14.8 Å². The Hall–Kier alpha value is -1.98. The number of hydrogen-bond donors (Lipinski definition) is 2. The fraction of sp³-hybridized carbons (Fsp3) is 0.111. The van der Waals surface area contributed by atoms with Crippen LogP contribution in [0.25, 0.3) is 0 Å². The molecule has 3 N–H and O–H groups in total. The van der Waals surface area contributed by atoms with E-state index in [1.54, 1.807) is 11.7 Å². The van der Waals surface area contributed by atoms with Crippen molar-refractivity contribution >= 4 is 30.9 Å². The van der Waals surface area contributed by atoms with Crippen LogP contribution >= 0.6 is 0 Å². The number of hydrogen-bond acceptors (Lipinski definition) is 4. The number of aromatic nitrogens is 3. The molecule has 2 rings (SSSR count). The number of anilines is 3. The molecule has 1 heterocycles. The summed E-state index contributed by atoms with van der Waals surface area (Å²) >= 11 is 0. The Morgan fingerprint density at radius 1 is 1.47 bits per heavy atom. The van der Waals surface area contributed by atoms with E-state index < -0.39 is 0 Å². The third-order valence-electron chi connectivity index (χ3n) is 2.05. The Bertz CT molecular complexity index is 479. The van der Waals surface area contributed by atoms with Gasteiger partial charge in [-0.15, -0.1) is 5.10 Å². The van der Waals surface area contributed by atoms with E-state index in [0.717, 1.165) is 5.69 Å². The van der Waals surface area contributed by atoms with Crippen molar-refractivity contribution in [1.29, 1.82) is 0 Å². The number of nitrogen functional groups attached to an aromatic ring is 1. The summed E-state index contributed by atoms with van der Waals surface area (Å²) in [6.45, 7) is 0. The van der Waals surface area contributed by atoms with E-state index in [0.29, 0.717) is 5.95 Å². The summed E-state index contributed by atoms with van der Waals surface area (Å²) in [5.74, 6) is 0.908. The van der Waals surface area contributed by atoms with Crippen LogP contribution < -0.4 is 16.5 Å². The maximum absolute atomic E-state index is 5.48. The molecule has 0 aliphatic rings. The van der Waals surface area contributed by atoms with Gasteiger partial charge in [0, 0.05) is 12.7 Å². The Balaban J connectivity index is 2.25. The van der Waals surface area contributed by atoms with Gasteiger partial charge in [0.2, 0.25) is 11.9 Å². The standard InChI is InChI=1S/C9H12BN5/c1-15-9(13-8(11)14-15)12-7-4-2-3-6(10)5-7/h2-5H,10H2,1H3,(H3,11,12,13,14). The molecule has 6 heteroatoms. The van der Waals surface area contributed by atoms with Crippen molar-refractivity contribution in [3.8, 4) is 0 Å². The van der Waals surface area contributed by atoms with Crippen molar-refractivity contribution in [2.45, 2.75) is 0 Å². The van der Waals surface area contributed by atoms with Crippen molar-refractivity contribution in [3.05, 3.63) is 24.3 Å². The predicted octanol–water partition coefficient (Wildman–Crippen LogP) is -0.601. The van der Waals surface area contributed by atoms with Gasteiger partial charge in [-0.25, -0.2) is 4.68 Å². The molecular formula is C9H12BN5. The Morgan fingerprint density at radius 2 is 2.27 bits per heavy atom. The van der Waals surface area contributed by atoms with Gasteiger partial charge in [0.25, 0.3) is 0 Å². The van der Waals surface area contributed by atoms with Crippen LogP contribution in [0.2, 0.25) is 0 Å². The zero-order valence-corrected chi connectivity index (χ0v) is 8.73. The molecule has 0 saturated heterocycles. The zero-order valence-electron chi connectivity index (χ0n) is 8.73. The van der Waals surface area contributed by atoms with Gasteiger partial charge in [0.1, 0.15) is 7.85 Å². The first-order valence-corrected chi connectivity index (χ1v) is 4.65. The highest BCUT2D eigenvalue weighted by Crippen LogP contribution is 2.12. The molecule has 0 atom stereocenters. The fourth-order valence-corrected chi connectivity index (χ4v) is 1.37. The van der Waals surface area contributed by atoms with Crippen LogP contribution in [0.15, 0.2) is 24.3 Å². The van der Waals surface area contributed by atoms with E-state index in [2.05, 4.69) is 15.4 Å². The van der Waals surface area contributed by atoms with E-state index in [1.165, 1.54) is 5.46 Å². The molecule has 0 amide bonds. The minimum absolute atomic E-state index is 0.271. The summed E-state index contributed by atoms with van der Waals surface area (Å²) in [7, 11) is 3.83. The number of aryl methyl sites for hydroxylation is 1. The molecule has 2 aromatic rings. The number of rotatable bonds is 2. The van der Waals surface area contributed by atoms with Crippen LogP contribution in [-0.4, -0.2) is 22.6 Å². The summed E-state index contributed by atoms with van der Waals surface area (Å²) in [6.07, 6.45) is 0. The summed E-state index contributed by atoms with van der Waals surface area (Å²) in [5.41, 5.74) is 7.65. The van der Waals surface area contributed by atoms with Gasteiger partial charge >= 0.3 is 0 Å². The molecule has 0 aliphatic heterocycles. The molecule has 0 fully saturated rings. The highest BCUT2D eigenvalue weighted by Gasteiger charge is 2.03. The van der Waals surface area contributed by atoms with E-state index in [4.69, 9.17) is 5.73 Å². The van der Waals surface area contributed by atoms with Crippen LogP contribution in [-0.2, 0) is 7.05 Å². The average molecular weight is 201 g/mol. The number of nitrogens with one attached hydrogen (secondary N) is 1. The smallest absolute Gasteiger partial charge is 0.241 e. The van der Waals surface area contributed by atoms with E-state index >= 15 is 0 Å². The molecule has 0 radical (unpaired) electrons. The molecular weight excluding hydrogens is 189 g/mol. The average Bonchev–Trinajstić information content (AvgIpc) is 2.45. The molecule has 5 nitrogen and oxygen atoms in total. The van der Waals surface area contributed by atoms with Gasteiger partial charge in [-0.1, -0.05) is 17.6 Å². The van der Waals surface area contributed by atoms with Crippen molar-refractivity contribution < 1.29 is 0 Å². The second-order valence-corrected chi connectivity index (χ2v) is 3.41.